The molecule has 0 aliphatic carbocycles. The molecule has 276 valence electrons. The van der Waals surface area contributed by atoms with Gasteiger partial charge in [-0.25, -0.2) is 23.9 Å². The van der Waals surface area contributed by atoms with Crippen molar-refractivity contribution in [3.8, 4) is 11.5 Å². The molecule has 4 rings (SSSR count). The Hall–Kier alpha value is -5.23. The Balaban J connectivity index is 0.000000783. The summed E-state index contributed by atoms with van der Waals surface area (Å²) in [4.78, 5) is 49.1. The number of imidazole rings is 1. The number of rotatable bonds is 12. The number of benzene rings is 1. The molecule has 0 bridgehead atoms. The highest BCUT2D eigenvalue weighted by Gasteiger charge is 2.40. The summed E-state index contributed by atoms with van der Waals surface area (Å²) in [5, 5.41) is 23.1. The van der Waals surface area contributed by atoms with Gasteiger partial charge in [0.15, 0.2) is 29.2 Å². The lowest BCUT2D eigenvalue weighted by atomic mass is 10.2. The quantitative estimate of drug-likeness (QED) is 0.123. The van der Waals surface area contributed by atoms with Gasteiger partial charge in [-0.2, -0.15) is 13.2 Å². The van der Waals surface area contributed by atoms with Crippen LogP contribution in [0.25, 0.3) is 11.0 Å². The molecular formula is C32H39ClF3N8O7+. The molecule has 0 aliphatic heterocycles. The molecule has 0 aliphatic rings. The number of nitrogen functional groups attached to an aromatic ring is 1. The van der Waals surface area contributed by atoms with Gasteiger partial charge >= 0.3 is 12.1 Å². The van der Waals surface area contributed by atoms with Crippen molar-refractivity contribution in [1.29, 1.82) is 0 Å². The lowest BCUT2D eigenvalue weighted by Gasteiger charge is -2.24. The van der Waals surface area contributed by atoms with Gasteiger partial charge < -0.3 is 35.6 Å². The maximum atomic E-state index is 13.2. The summed E-state index contributed by atoms with van der Waals surface area (Å²) in [6.45, 7) is 8.59. The monoisotopic (exact) mass is 739 g/mol. The van der Waals surface area contributed by atoms with E-state index in [0.717, 1.165) is 16.9 Å². The third-order valence-electron chi connectivity index (χ3n) is 7.22. The van der Waals surface area contributed by atoms with Crippen molar-refractivity contribution in [1.82, 2.24) is 29.7 Å². The molecule has 1 unspecified atom stereocenters. The van der Waals surface area contributed by atoms with Crippen LogP contribution in [0.1, 0.15) is 48.5 Å². The summed E-state index contributed by atoms with van der Waals surface area (Å²) in [5.74, 6) is -1.77. The summed E-state index contributed by atoms with van der Waals surface area (Å²) in [5.41, 5.74) is 8.59. The number of nitrogens with zero attached hydrogens (tertiary/aromatic N) is 6. The second kappa shape index (κ2) is 17.6. The number of pyridine rings is 1. The second-order valence-corrected chi connectivity index (χ2v) is 11.4. The van der Waals surface area contributed by atoms with E-state index in [2.05, 4.69) is 29.6 Å². The van der Waals surface area contributed by atoms with Gasteiger partial charge in [0.1, 0.15) is 28.9 Å². The number of aromatic nitrogens is 5. The predicted octanol–water partition coefficient (Wildman–Crippen LogP) is 2.84. The molecule has 2 amide bonds. The minimum Gasteiger partial charge on any atom is -0.506 e. The van der Waals surface area contributed by atoms with Crippen molar-refractivity contribution in [2.24, 2.45) is 0 Å². The number of aliphatic hydroxyl groups is 1. The molecule has 0 saturated carbocycles. The SMILES string of the molecule is CCn1c(CNC(=O)c2nc(Cl)cnc2N)[n+](CC)c2ccc(OCC(=O)N(Cc3nc(C)ccc3O)CC(C)O)cc21.COC(=O)C(F)(F)F. The number of halogens is 4. The van der Waals surface area contributed by atoms with Crippen molar-refractivity contribution < 1.29 is 51.8 Å². The van der Waals surface area contributed by atoms with E-state index >= 15 is 0 Å². The third-order valence-corrected chi connectivity index (χ3v) is 7.41. The number of aliphatic hydroxyl groups excluding tert-OH is 1. The smallest absolute Gasteiger partial charge is 0.490 e. The molecule has 3 aromatic heterocycles. The predicted molar refractivity (Wildman–Crippen MR) is 177 cm³/mol. The Bertz CT molecular complexity index is 1870. The Morgan fingerprint density at radius 3 is 2.47 bits per heavy atom. The number of fused-ring (bicyclic) bond motifs is 1. The van der Waals surface area contributed by atoms with Crippen LogP contribution in [0.2, 0.25) is 5.15 Å². The minimum absolute atomic E-state index is 0.0170. The van der Waals surface area contributed by atoms with Crippen LogP contribution < -0.4 is 20.4 Å². The zero-order chi connectivity index (χ0) is 38.0. The Morgan fingerprint density at radius 2 is 1.88 bits per heavy atom. The number of anilines is 1. The van der Waals surface area contributed by atoms with E-state index in [4.69, 9.17) is 22.1 Å². The average molecular weight is 740 g/mol. The topological polar surface area (TPSA) is 199 Å². The van der Waals surface area contributed by atoms with Crippen LogP contribution >= 0.6 is 11.6 Å². The Morgan fingerprint density at radius 1 is 1.18 bits per heavy atom. The number of methoxy groups -OCH3 is 1. The lowest BCUT2D eigenvalue weighted by Crippen LogP contribution is -2.40. The van der Waals surface area contributed by atoms with E-state index in [-0.39, 0.29) is 54.6 Å². The number of amides is 2. The fourth-order valence-corrected chi connectivity index (χ4v) is 5.10. The molecule has 0 fully saturated rings. The van der Waals surface area contributed by atoms with Crippen molar-refractivity contribution >= 4 is 46.2 Å². The van der Waals surface area contributed by atoms with Gasteiger partial charge in [0.2, 0.25) is 0 Å². The Kier molecular flexibility index (Phi) is 13.9. The molecule has 15 nitrogen and oxygen atoms in total. The number of hydrogen-bond donors (Lipinski definition) is 4. The van der Waals surface area contributed by atoms with Gasteiger partial charge in [-0.15, -0.1) is 0 Å². The summed E-state index contributed by atoms with van der Waals surface area (Å²) in [7, 11) is 0.676. The zero-order valence-electron chi connectivity index (χ0n) is 28.5. The largest absolute Gasteiger partial charge is 0.506 e. The molecule has 1 atom stereocenters. The molecule has 0 saturated heterocycles. The number of esters is 1. The number of carbonyl (C=O) groups excluding carboxylic acids is 3. The van der Waals surface area contributed by atoms with Crippen LogP contribution in [0.4, 0.5) is 19.0 Å². The second-order valence-electron chi connectivity index (χ2n) is 11.0. The molecule has 1 aromatic carbocycles. The highest BCUT2D eigenvalue weighted by atomic mass is 35.5. The molecular weight excluding hydrogens is 701 g/mol. The van der Waals surface area contributed by atoms with Gasteiger partial charge in [0, 0.05) is 18.3 Å². The first-order chi connectivity index (χ1) is 24.0. The van der Waals surface area contributed by atoms with Crippen LogP contribution in [0.5, 0.6) is 11.5 Å². The maximum absolute atomic E-state index is 13.2. The van der Waals surface area contributed by atoms with E-state index < -0.39 is 24.2 Å². The van der Waals surface area contributed by atoms with Crippen molar-refractivity contribution in [2.75, 3.05) is 26.0 Å². The highest BCUT2D eigenvalue weighted by molar-refractivity contribution is 6.29. The van der Waals surface area contributed by atoms with Crippen molar-refractivity contribution in [3.63, 3.8) is 0 Å². The normalized spacial score (nSPS) is 11.7. The van der Waals surface area contributed by atoms with Gasteiger partial charge in [0.05, 0.1) is 39.0 Å². The Labute approximate surface area is 295 Å². The zero-order valence-corrected chi connectivity index (χ0v) is 29.2. The molecule has 5 N–H and O–H groups in total. The van der Waals surface area contributed by atoms with E-state index in [0.29, 0.717) is 37.3 Å². The summed E-state index contributed by atoms with van der Waals surface area (Å²) in [6, 6.07) is 8.73. The van der Waals surface area contributed by atoms with Crippen LogP contribution in [0, 0.1) is 6.92 Å². The first kappa shape index (κ1) is 40.2. The van der Waals surface area contributed by atoms with Crippen LogP contribution in [-0.2, 0) is 40.5 Å². The average Bonchev–Trinajstić information content (AvgIpc) is 3.39. The lowest BCUT2D eigenvalue weighted by molar-refractivity contribution is -0.676. The van der Waals surface area contributed by atoms with Gasteiger partial charge in [0.25, 0.3) is 17.6 Å². The fourth-order valence-electron chi connectivity index (χ4n) is 4.97. The highest BCUT2D eigenvalue weighted by Crippen LogP contribution is 2.23. The summed E-state index contributed by atoms with van der Waals surface area (Å²) < 4.78 is 46.3. The van der Waals surface area contributed by atoms with Crippen molar-refractivity contribution in [3.05, 3.63) is 64.6 Å². The molecule has 0 radical (unpaired) electrons. The number of alkyl halides is 3. The van der Waals surface area contributed by atoms with Gasteiger partial charge in [-0.3, -0.25) is 14.6 Å². The minimum atomic E-state index is -4.85. The maximum Gasteiger partial charge on any atom is 0.490 e. The van der Waals surface area contributed by atoms with Gasteiger partial charge in [-0.1, -0.05) is 11.6 Å². The molecule has 0 spiro atoms. The molecule has 4 aromatic rings. The number of nitrogens with two attached hydrogens (primary N) is 1. The number of nitrogens with one attached hydrogen (secondary N) is 1. The summed E-state index contributed by atoms with van der Waals surface area (Å²) in [6.07, 6.45) is -4.36. The molecule has 19 heteroatoms. The van der Waals surface area contributed by atoms with E-state index in [1.165, 1.54) is 17.2 Å². The third kappa shape index (κ3) is 10.6. The first-order valence-corrected chi connectivity index (χ1v) is 15.9. The van der Waals surface area contributed by atoms with E-state index in [1.807, 2.05) is 30.5 Å². The fraction of sp³-hybridized carbons (Fsp3) is 0.406. The summed E-state index contributed by atoms with van der Waals surface area (Å²) >= 11 is 5.90. The number of hydrogen-bond acceptors (Lipinski definition) is 11. The molecule has 51 heavy (non-hydrogen) atoms. The standard InChI is InChI=1S/C29H35ClN8O5.C3H3F3O2/c1-5-37-21-9-8-19(43-16-26(41)36(14-18(4)39)15-20-23(40)10-7-17(3)34-20)11-22(21)38(6-2)25(37)13-33-29(42)27-28(31)32-12-24(30)35-27;1-8-2(7)3(4,5)6/h7-12,18,39H,5-6,13-16H2,1-4H3,(H3-,31,32,33,40,42);1H3/p+1. The molecule has 3 heterocycles. The van der Waals surface area contributed by atoms with E-state index in [9.17, 15) is 37.8 Å². The van der Waals surface area contributed by atoms with Crippen LogP contribution in [0.3, 0.4) is 0 Å². The first-order valence-electron chi connectivity index (χ1n) is 15.5. The number of ether oxygens (including phenoxy) is 2. The van der Waals surface area contributed by atoms with E-state index in [1.54, 1.807) is 26.0 Å². The van der Waals surface area contributed by atoms with Crippen molar-refractivity contribution in [2.45, 2.75) is 66.2 Å². The van der Waals surface area contributed by atoms with Crippen LogP contribution in [-0.4, -0.2) is 85.0 Å². The number of aromatic hydroxyl groups is 1. The number of aryl methyl sites for hydroxylation is 3. The van der Waals surface area contributed by atoms with Crippen LogP contribution in [0.15, 0.2) is 36.5 Å². The number of carbonyl (C=O) groups is 3. The van der Waals surface area contributed by atoms with Gasteiger partial charge in [-0.05, 0) is 52.0 Å².